The summed E-state index contributed by atoms with van der Waals surface area (Å²) in [6, 6.07) is 6.34. The summed E-state index contributed by atoms with van der Waals surface area (Å²) in [5.74, 6) is 1.47. The minimum absolute atomic E-state index is 0.0498. The molecule has 0 bridgehead atoms. The van der Waals surface area contributed by atoms with Crippen LogP contribution in [-0.4, -0.2) is 13.2 Å². The van der Waals surface area contributed by atoms with Crippen LogP contribution in [0, 0.1) is 34.9 Å². The molecule has 0 aromatic heterocycles. The van der Waals surface area contributed by atoms with Gasteiger partial charge in [-0.3, -0.25) is 0 Å². The average Bonchev–Trinajstić information content (AvgIpc) is 2.56. The molecule has 3 nitrogen and oxygen atoms in total. The first kappa shape index (κ1) is 15.5. The van der Waals surface area contributed by atoms with Crippen LogP contribution in [0.2, 0.25) is 0 Å². The summed E-state index contributed by atoms with van der Waals surface area (Å²) < 4.78 is 25.3. The first-order chi connectivity index (χ1) is 10.7. The van der Waals surface area contributed by atoms with Gasteiger partial charge in [-0.2, -0.15) is 5.26 Å². The van der Waals surface area contributed by atoms with E-state index in [1.54, 1.807) is 6.07 Å². The molecule has 0 N–H and O–H groups in total. The first-order valence-corrected chi connectivity index (χ1v) is 8.10. The summed E-state index contributed by atoms with van der Waals surface area (Å²) in [5, 5.41) is 8.76. The predicted octanol–water partition coefficient (Wildman–Crippen LogP) is 4.19. The van der Waals surface area contributed by atoms with Crippen molar-refractivity contribution < 1.29 is 13.9 Å². The summed E-state index contributed by atoms with van der Waals surface area (Å²) in [4.78, 5) is 0. The van der Waals surface area contributed by atoms with E-state index in [-0.39, 0.29) is 5.56 Å². The molecule has 3 rings (SSSR count). The van der Waals surface area contributed by atoms with E-state index in [1.165, 1.54) is 37.8 Å². The summed E-state index contributed by atoms with van der Waals surface area (Å²) in [7, 11) is 0. The Balaban J connectivity index is 1.57. The van der Waals surface area contributed by atoms with Crippen molar-refractivity contribution in [2.45, 2.75) is 38.9 Å². The average molecular weight is 303 g/mol. The van der Waals surface area contributed by atoms with Gasteiger partial charge in [0.2, 0.25) is 0 Å². The lowest BCUT2D eigenvalue weighted by Crippen LogP contribution is -2.34. The molecule has 0 radical (unpaired) electrons. The van der Waals surface area contributed by atoms with Crippen LogP contribution in [0.5, 0.6) is 0 Å². The number of hydrogen-bond donors (Lipinski definition) is 0. The number of rotatable bonds is 2. The Morgan fingerprint density at radius 3 is 2.36 bits per heavy atom. The maximum atomic E-state index is 13.7. The number of benzene rings is 1. The Morgan fingerprint density at radius 1 is 1.09 bits per heavy atom. The van der Waals surface area contributed by atoms with Gasteiger partial charge in [0.05, 0.1) is 18.8 Å². The van der Waals surface area contributed by atoms with E-state index in [4.69, 9.17) is 14.7 Å². The van der Waals surface area contributed by atoms with Crippen LogP contribution >= 0.6 is 0 Å². The quantitative estimate of drug-likeness (QED) is 0.823. The third-order valence-electron chi connectivity index (χ3n) is 5.04. The van der Waals surface area contributed by atoms with Gasteiger partial charge in [-0.25, -0.2) is 4.39 Å². The first-order valence-electron chi connectivity index (χ1n) is 8.10. The molecule has 0 unspecified atom stereocenters. The normalized spacial score (nSPS) is 32.4. The number of ether oxygens (including phenoxy) is 2. The molecule has 1 aliphatic heterocycles. The molecule has 0 atom stereocenters. The molecule has 1 aromatic rings. The van der Waals surface area contributed by atoms with Crippen LogP contribution in [0.3, 0.4) is 0 Å². The molecule has 1 saturated heterocycles. The lowest BCUT2D eigenvalue weighted by Gasteiger charge is -2.37. The van der Waals surface area contributed by atoms with Crippen molar-refractivity contribution in [1.29, 1.82) is 5.26 Å². The van der Waals surface area contributed by atoms with E-state index in [1.807, 2.05) is 6.07 Å². The second-order valence-electron chi connectivity index (χ2n) is 6.63. The number of halogens is 1. The van der Waals surface area contributed by atoms with Crippen molar-refractivity contribution in [2.75, 3.05) is 13.2 Å². The van der Waals surface area contributed by atoms with E-state index >= 15 is 0 Å². The van der Waals surface area contributed by atoms with Gasteiger partial charge >= 0.3 is 0 Å². The van der Waals surface area contributed by atoms with Crippen LogP contribution in [0.25, 0.3) is 0 Å². The van der Waals surface area contributed by atoms with Crippen molar-refractivity contribution in [3.8, 4) is 6.07 Å². The minimum Gasteiger partial charge on any atom is -0.348 e. The Hall–Kier alpha value is -1.44. The van der Waals surface area contributed by atoms with Crippen LogP contribution in [0.4, 0.5) is 4.39 Å². The molecule has 118 valence electrons. The molecular formula is C18H22FNO2. The molecule has 4 heteroatoms. The fourth-order valence-electron chi connectivity index (χ4n) is 3.51. The zero-order valence-electron chi connectivity index (χ0n) is 12.9. The number of nitriles is 1. The van der Waals surface area contributed by atoms with E-state index in [0.717, 1.165) is 5.92 Å². The van der Waals surface area contributed by atoms with Crippen molar-refractivity contribution in [1.82, 2.24) is 0 Å². The maximum absolute atomic E-state index is 13.7. The second kappa shape index (κ2) is 6.76. The summed E-state index contributed by atoms with van der Waals surface area (Å²) >= 11 is 0. The van der Waals surface area contributed by atoms with Crippen molar-refractivity contribution in [3.63, 3.8) is 0 Å². The Morgan fingerprint density at radius 2 is 1.77 bits per heavy atom. The fourth-order valence-corrected chi connectivity index (χ4v) is 3.51. The Bertz CT molecular complexity index is 553. The van der Waals surface area contributed by atoms with E-state index in [9.17, 15) is 4.39 Å². The lowest BCUT2D eigenvalue weighted by atomic mass is 9.76. The van der Waals surface area contributed by atoms with Crippen molar-refractivity contribution in [3.05, 3.63) is 35.1 Å². The highest BCUT2D eigenvalue weighted by molar-refractivity contribution is 5.33. The van der Waals surface area contributed by atoms with Crippen LogP contribution in [-0.2, 0) is 9.47 Å². The highest BCUT2D eigenvalue weighted by Crippen LogP contribution is 2.37. The topological polar surface area (TPSA) is 42.2 Å². The molecule has 2 aliphatic rings. The van der Waals surface area contributed by atoms with E-state index < -0.39 is 12.1 Å². The summed E-state index contributed by atoms with van der Waals surface area (Å²) in [5.41, 5.74) is 0.695. The smallest absolute Gasteiger partial charge is 0.183 e. The van der Waals surface area contributed by atoms with E-state index in [2.05, 4.69) is 6.92 Å². The Labute approximate surface area is 131 Å². The summed E-state index contributed by atoms with van der Waals surface area (Å²) in [6.07, 6.45) is 4.60. The standard InChI is InChI=1S/C18H22FNO2/c1-12-2-4-13(5-3-12)16-10-21-18(22-11-16)14-6-7-15(9-20)17(19)8-14/h6-8,12-13,16,18H,2-5,10-11H2,1H3/t12-,13-,16-,18-. The third-order valence-corrected chi connectivity index (χ3v) is 5.04. The number of hydrogen-bond acceptors (Lipinski definition) is 3. The van der Waals surface area contributed by atoms with Crippen LogP contribution < -0.4 is 0 Å². The zero-order valence-corrected chi connectivity index (χ0v) is 12.9. The van der Waals surface area contributed by atoms with E-state index in [0.29, 0.717) is 30.6 Å². The minimum atomic E-state index is -0.518. The Kier molecular flexibility index (Phi) is 4.75. The van der Waals surface area contributed by atoms with Gasteiger partial charge in [-0.15, -0.1) is 0 Å². The molecule has 0 amide bonds. The number of nitrogens with zero attached hydrogens (tertiary/aromatic N) is 1. The molecular weight excluding hydrogens is 281 g/mol. The van der Waals surface area contributed by atoms with Gasteiger partial charge in [0.25, 0.3) is 0 Å². The van der Waals surface area contributed by atoms with Gasteiger partial charge in [-0.1, -0.05) is 25.8 Å². The second-order valence-corrected chi connectivity index (χ2v) is 6.63. The van der Waals surface area contributed by atoms with Gasteiger partial charge < -0.3 is 9.47 Å². The monoisotopic (exact) mass is 303 g/mol. The van der Waals surface area contributed by atoms with Crippen molar-refractivity contribution >= 4 is 0 Å². The zero-order chi connectivity index (χ0) is 15.5. The molecule has 1 saturated carbocycles. The van der Waals surface area contributed by atoms with Gasteiger partial charge in [0.1, 0.15) is 11.9 Å². The van der Waals surface area contributed by atoms with Crippen molar-refractivity contribution in [2.24, 2.45) is 17.8 Å². The largest absolute Gasteiger partial charge is 0.348 e. The van der Waals surface area contributed by atoms with Gasteiger partial charge in [-0.05, 0) is 36.8 Å². The van der Waals surface area contributed by atoms with Gasteiger partial charge in [0, 0.05) is 11.5 Å². The SMILES string of the molecule is C[C@H]1CC[C@H]([C@H]2CO[C@H](c3ccc(C#N)c(F)c3)OC2)CC1. The summed E-state index contributed by atoms with van der Waals surface area (Å²) in [6.45, 7) is 3.66. The fraction of sp³-hybridized carbons (Fsp3) is 0.611. The van der Waals surface area contributed by atoms with Crippen LogP contribution in [0.15, 0.2) is 18.2 Å². The third kappa shape index (κ3) is 3.31. The molecule has 2 fully saturated rings. The molecule has 1 aliphatic carbocycles. The van der Waals surface area contributed by atoms with Gasteiger partial charge in [0.15, 0.2) is 6.29 Å². The highest BCUT2D eigenvalue weighted by Gasteiger charge is 2.31. The lowest BCUT2D eigenvalue weighted by molar-refractivity contribution is -0.214. The molecule has 22 heavy (non-hydrogen) atoms. The molecule has 1 heterocycles. The molecule has 1 aromatic carbocycles. The predicted molar refractivity (Wildman–Crippen MR) is 80.4 cm³/mol. The maximum Gasteiger partial charge on any atom is 0.183 e. The van der Waals surface area contributed by atoms with Crippen LogP contribution in [0.1, 0.15) is 50.0 Å². The highest BCUT2D eigenvalue weighted by atomic mass is 19.1. The molecule has 0 spiro atoms.